The molecule has 0 atom stereocenters. The maximum Gasteiger partial charge on any atom is 0.134 e. The van der Waals surface area contributed by atoms with Gasteiger partial charge in [0.05, 0.1) is 0 Å². The summed E-state index contributed by atoms with van der Waals surface area (Å²) in [5.74, 6) is 0.319. The number of carbonyl (C=O) groups excluding carboxylic acids is 1. The summed E-state index contributed by atoms with van der Waals surface area (Å²) in [6, 6.07) is 6.74. The lowest BCUT2D eigenvalue weighted by atomic mass is 10.1. The van der Waals surface area contributed by atoms with E-state index in [-0.39, 0.29) is 11.5 Å². The molecule has 1 aromatic rings. The van der Waals surface area contributed by atoms with E-state index in [1.54, 1.807) is 18.2 Å². The summed E-state index contributed by atoms with van der Waals surface area (Å²) in [6.07, 6.45) is 0.397. The third kappa shape index (κ3) is 9.01. The Labute approximate surface area is 93.0 Å². The number of ketones is 1. The maximum absolute atomic E-state index is 10.6. The molecule has 0 aliphatic carbocycles. The molecule has 0 aliphatic rings. The van der Waals surface area contributed by atoms with Crippen LogP contribution in [0, 0.1) is 0 Å². The average Bonchev–Trinajstić information content (AvgIpc) is 2.23. The number of benzene rings is 1. The molecule has 0 unspecified atom stereocenters. The minimum absolute atomic E-state index is 0.107. The smallest absolute Gasteiger partial charge is 0.134 e. The van der Waals surface area contributed by atoms with Crippen LogP contribution >= 0.6 is 0 Å². The molecule has 1 rings (SSSR count). The van der Waals surface area contributed by atoms with Gasteiger partial charge in [-0.05, 0) is 24.6 Å². The van der Waals surface area contributed by atoms with Gasteiger partial charge in [-0.25, -0.2) is 0 Å². The van der Waals surface area contributed by atoms with Crippen LogP contribution in [0.1, 0.15) is 40.2 Å². The van der Waals surface area contributed by atoms with Crippen molar-refractivity contribution in [3.8, 4) is 5.75 Å². The van der Waals surface area contributed by atoms with Crippen molar-refractivity contribution in [1.29, 1.82) is 0 Å². The molecular formula is C13H22O2. The van der Waals surface area contributed by atoms with Crippen molar-refractivity contribution >= 4 is 5.78 Å². The fourth-order valence-electron chi connectivity index (χ4n) is 0.954. The third-order valence-electron chi connectivity index (χ3n) is 1.36. The highest BCUT2D eigenvalue weighted by Gasteiger charge is 1.96. The Morgan fingerprint density at radius 2 is 1.73 bits per heavy atom. The van der Waals surface area contributed by atoms with Gasteiger partial charge in [-0.15, -0.1) is 0 Å². The van der Waals surface area contributed by atoms with Crippen LogP contribution in [0.15, 0.2) is 24.3 Å². The molecule has 0 spiro atoms. The van der Waals surface area contributed by atoms with Crippen LogP contribution in [0.5, 0.6) is 5.75 Å². The standard InChI is InChI=1S/C9H10O2.2C2H6/c1-7(10)5-8-3-2-4-9(11)6-8;2*1-2/h2-4,6,11H,5H2,1H3;2*1-2H3. The molecule has 2 nitrogen and oxygen atoms in total. The number of aromatic hydroxyl groups is 1. The van der Waals surface area contributed by atoms with E-state index in [4.69, 9.17) is 5.11 Å². The molecule has 0 aliphatic heterocycles. The van der Waals surface area contributed by atoms with Crippen LogP contribution in [0.3, 0.4) is 0 Å². The molecule has 86 valence electrons. The lowest BCUT2D eigenvalue weighted by Gasteiger charge is -1.96. The summed E-state index contributed by atoms with van der Waals surface area (Å²) >= 11 is 0. The first-order valence-electron chi connectivity index (χ1n) is 5.46. The fourth-order valence-corrected chi connectivity index (χ4v) is 0.954. The molecule has 0 amide bonds. The van der Waals surface area contributed by atoms with E-state index in [9.17, 15) is 4.79 Å². The topological polar surface area (TPSA) is 37.3 Å². The zero-order valence-corrected chi connectivity index (χ0v) is 10.4. The second kappa shape index (κ2) is 10.8. The molecule has 2 heteroatoms. The summed E-state index contributed by atoms with van der Waals surface area (Å²) in [5.41, 5.74) is 0.859. The summed E-state index contributed by atoms with van der Waals surface area (Å²) in [6.45, 7) is 9.53. The Hall–Kier alpha value is -1.31. The molecular weight excluding hydrogens is 188 g/mol. The van der Waals surface area contributed by atoms with Gasteiger partial charge in [0.15, 0.2) is 0 Å². The van der Waals surface area contributed by atoms with Crippen LogP contribution in [0.4, 0.5) is 0 Å². The predicted molar refractivity (Wildman–Crippen MR) is 65.2 cm³/mol. The van der Waals surface area contributed by atoms with E-state index in [0.717, 1.165) is 5.56 Å². The zero-order valence-electron chi connectivity index (χ0n) is 10.4. The van der Waals surface area contributed by atoms with E-state index in [1.165, 1.54) is 6.92 Å². The molecule has 0 fully saturated rings. The molecule has 0 aromatic heterocycles. The highest BCUT2D eigenvalue weighted by Crippen LogP contribution is 2.11. The van der Waals surface area contributed by atoms with E-state index < -0.39 is 0 Å². The SMILES string of the molecule is CC.CC.CC(=O)Cc1cccc(O)c1. The van der Waals surface area contributed by atoms with Gasteiger partial charge >= 0.3 is 0 Å². The first-order chi connectivity index (χ1) is 7.18. The van der Waals surface area contributed by atoms with Gasteiger partial charge in [0.2, 0.25) is 0 Å². The van der Waals surface area contributed by atoms with Crippen LogP contribution in [-0.4, -0.2) is 10.9 Å². The minimum atomic E-state index is 0.107. The van der Waals surface area contributed by atoms with Crippen molar-refractivity contribution in [3.05, 3.63) is 29.8 Å². The van der Waals surface area contributed by atoms with Crippen molar-refractivity contribution in [1.82, 2.24) is 0 Å². The summed E-state index contributed by atoms with van der Waals surface area (Å²) in [7, 11) is 0. The minimum Gasteiger partial charge on any atom is -0.508 e. The lowest BCUT2D eigenvalue weighted by Crippen LogP contribution is -1.95. The fraction of sp³-hybridized carbons (Fsp3) is 0.462. The van der Waals surface area contributed by atoms with Crippen LogP contribution < -0.4 is 0 Å². The van der Waals surface area contributed by atoms with Gasteiger partial charge < -0.3 is 5.11 Å². The van der Waals surface area contributed by atoms with E-state index in [1.807, 2.05) is 33.8 Å². The molecule has 1 N–H and O–H groups in total. The van der Waals surface area contributed by atoms with Crippen molar-refractivity contribution in [2.24, 2.45) is 0 Å². The van der Waals surface area contributed by atoms with Crippen molar-refractivity contribution in [3.63, 3.8) is 0 Å². The van der Waals surface area contributed by atoms with E-state index in [2.05, 4.69) is 0 Å². The maximum atomic E-state index is 10.6. The molecule has 0 saturated carbocycles. The Morgan fingerprint density at radius 3 is 2.13 bits per heavy atom. The normalized spacial score (nSPS) is 7.80. The van der Waals surface area contributed by atoms with Gasteiger partial charge in [-0.3, -0.25) is 4.79 Å². The molecule has 0 radical (unpaired) electrons. The Balaban J connectivity index is 0. The molecule has 0 heterocycles. The monoisotopic (exact) mass is 210 g/mol. The molecule has 15 heavy (non-hydrogen) atoms. The van der Waals surface area contributed by atoms with Gasteiger partial charge in [0, 0.05) is 6.42 Å². The van der Waals surface area contributed by atoms with E-state index in [0.29, 0.717) is 6.42 Å². The van der Waals surface area contributed by atoms with Crippen molar-refractivity contribution < 1.29 is 9.90 Å². The highest BCUT2D eigenvalue weighted by molar-refractivity contribution is 5.78. The number of hydrogen-bond donors (Lipinski definition) is 1. The number of phenolic OH excluding ortho intramolecular Hbond substituents is 1. The third-order valence-corrected chi connectivity index (χ3v) is 1.36. The van der Waals surface area contributed by atoms with Gasteiger partial charge in [0.25, 0.3) is 0 Å². The Bertz CT molecular complexity index is 267. The highest BCUT2D eigenvalue weighted by atomic mass is 16.3. The van der Waals surface area contributed by atoms with Crippen molar-refractivity contribution in [2.45, 2.75) is 41.0 Å². The summed E-state index contributed by atoms with van der Waals surface area (Å²) in [5, 5.41) is 9.01. The number of Topliss-reactive ketones (excluding diaryl/α,β-unsaturated/α-hetero) is 1. The average molecular weight is 210 g/mol. The molecule has 1 aromatic carbocycles. The van der Waals surface area contributed by atoms with Crippen molar-refractivity contribution in [2.75, 3.05) is 0 Å². The number of hydrogen-bond acceptors (Lipinski definition) is 2. The van der Waals surface area contributed by atoms with Crippen LogP contribution in [0.25, 0.3) is 0 Å². The number of phenols is 1. The van der Waals surface area contributed by atoms with Crippen LogP contribution in [-0.2, 0) is 11.2 Å². The van der Waals surface area contributed by atoms with Crippen LogP contribution in [0.2, 0.25) is 0 Å². The first-order valence-corrected chi connectivity index (χ1v) is 5.46. The Kier molecular flexibility index (Phi) is 11.6. The summed E-state index contributed by atoms with van der Waals surface area (Å²) in [4.78, 5) is 10.6. The second-order valence-electron chi connectivity index (χ2n) is 2.55. The van der Waals surface area contributed by atoms with Gasteiger partial charge in [0.1, 0.15) is 11.5 Å². The lowest BCUT2D eigenvalue weighted by molar-refractivity contribution is -0.116. The molecule has 0 bridgehead atoms. The Morgan fingerprint density at radius 1 is 1.20 bits per heavy atom. The molecule has 0 saturated heterocycles. The predicted octanol–water partition coefficient (Wildman–Crippen LogP) is 3.58. The zero-order chi connectivity index (χ0) is 12.3. The number of rotatable bonds is 2. The second-order valence-corrected chi connectivity index (χ2v) is 2.55. The summed E-state index contributed by atoms with van der Waals surface area (Å²) < 4.78 is 0. The quantitative estimate of drug-likeness (QED) is 0.810. The number of carbonyl (C=O) groups is 1. The first kappa shape index (κ1) is 16.1. The van der Waals surface area contributed by atoms with E-state index >= 15 is 0 Å². The van der Waals surface area contributed by atoms with Gasteiger partial charge in [-0.1, -0.05) is 39.8 Å². The van der Waals surface area contributed by atoms with Gasteiger partial charge in [-0.2, -0.15) is 0 Å². The largest absolute Gasteiger partial charge is 0.508 e.